The van der Waals surface area contributed by atoms with E-state index in [-0.39, 0.29) is 12.1 Å². The summed E-state index contributed by atoms with van der Waals surface area (Å²) in [5, 5.41) is 4.02. The van der Waals surface area contributed by atoms with Crippen LogP contribution in [0.2, 0.25) is 10.0 Å². The first-order valence-electron chi connectivity index (χ1n) is 8.07. The molecule has 0 aliphatic carbocycles. The maximum Gasteiger partial charge on any atom is 0.317 e. The number of hydrogen-bond acceptors (Lipinski definition) is 3. The van der Waals surface area contributed by atoms with Crippen LogP contribution in [-0.2, 0) is 0 Å². The third kappa shape index (κ3) is 8.08. The van der Waals surface area contributed by atoms with Gasteiger partial charge in [0, 0.05) is 35.7 Å². The number of carbonyl (C=O) groups excluding carboxylic acids is 1. The van der Waals surface area contributed by atoms with Gasteiger partial charge in [-0.25, -0.2) is 4.79 Å². The number of likely N-dealkylation sites (N-methyl/N-ethyl adjacent to an activating group) is 1. The average molecular weight is 376 g/mol. The van der Waals surface area contributed by atoms with E-state index >= 15 is 0 Å². The predicted octanol–water partition coefficient (Wildman–Crippen LogP) is 3.74. The Morgan fingerprint density at radius 2 is 1.79 bits per heavy atom. The van der Waals surface area contributed by atoms with Crippen molar-refractivity contribution in [2.75, 3.05) is 40.3 Å². The number of rotatable bonds is 9. The second-order valence-electron chi connectivity index (χ2n) is 6.13. The zero-order chi connectivity index (χ0) is 18.1. The molecule has 0 bridgehead atoms. The van der Waals surface area contributed by atoms with Crippen LogP contribution in [0.1, 0.15) is 20.3 Å². The highest BCUT2D eigenvalue weighted by atomic mass is 35.5. The second kappa shape index (κ2) is 10.6. The SMILES string of the molecule is CC(C)N(CCCOc1cc(Cl)cc(Cl)c1)C(=O)NCCN(C)C. The fraction of sp³-hybridized carbons (Fsp3) is 0.588. The molecular weight excluding hydrogens is 349 g/mol. The number of carbonyl (C=O) groups is 1. The summed E-state index contributed by atoms with van der Waals surface area (Å²) < 4.78 is 5.66. The summed E-state index contributed by atoms with van der Waals surface area (Å²) in [5.41, 5.74) is 0. The van der Waals surface area contributed by atoms with Crippen molar-refractivity contribution in [1.29, 1.82) is 0 Å². The molecule has 0 radical (unpaired) electrons. The summed E-state index contributed by atoms with van der Waals surface area (Å²) in [4.78, 5) is 16.1. The Balaban J connectivity index is 2.39. The van der Waals surface area contributed by atoms with Crippen LogP contribution in [0.25, 0.3) is 0 Å². The summed E-state index contributed by atoms with van der Waals surface area (Å²) in [5.74, 6) is 0.638. The van der Waals surface area contributed by atoms with Gasteiger partial charge in [0.15, 0.2) is 0 Å². The van der Waals surface area contributed by atoms with Crippen LogP contribution >= 0.6 is 23.2 Å². The number of hydrogen-bond donors (Lipinski definition) is 1. The van der Waals surface area contributed by atoms with E-state index in [1.54, 1.807) is 18.2 Å². The summed E-state index contributed by atoms with van der Waals surface area (Å²) in [7, 11) is 3.96. The zero-order valence-corrected chi connectivity index (χ0v) is 16.3. The van der Waals surface area contributed by atoms with Crippen molar-refractivity contribution >= 4 is 29.2 Å². The highest BCUT2D eigenvalue weighted by Crippen LogP contribution is 2.24. The van der Waals surface area contributed by atoms with Crippen molar-refractivity contribution in [2.24, 2.45) is 0 Å². The predicted molar refractivity (Wildman–Crippen MR) is 100 cm³/mol. The van der Waals surface area contributed by atoms with Crippen LogP contribution < -0.4 is 10.1 Å². The molecule has 0 aromatic heterocycles. The van der Waals surface area contributed by atoms with E-state index in [0.29, 0.717) is 35.5 Å². The van der Waals surface area contributed by atoms with E-state index < -0.39 is 0 Å². The fourth-order valence-electron chi connectivity index (χ4n) is 2.12. The van der Waals surface area contributed by atoms with Gasteiger partial charge in [0.1, 0.15) is 5.75 Å². The summed E-state index contributed by atoms with van der Waals surface area (Å²) in [6, 6.07) is 5.19. The van der Waals surface area contributed by atoms with Crippen LogP contribution in [-0.4, -0.2) is 62.2 Å². The zero-order valence-electron chi connectivity index (χ0n) is 14.8. The van der Waals surface area contributed by atoms with Crippen molar-refractivity contribution in [2.45, 2.75) is 26.3 Å². The van der Waals surface area contributed by atoms with Crippen LogP contribution in [0, 0.1) is 0 Å². The molecule has 1 aromatic rings. The molecule has 136 valence electrons. The van der Waals surface area contributed by atoms with Gasteiger partial charge in [0.25, 0.3) is 0 Å². The van der Waals surface area contributed by atoms with Gasteiger partial charge in [-0.05, 0) is 52.6 Å². The summed E-state index contributed by atoms with van der Waals surface area (Å²) in [6.07, 6.45) is 0.726. The quantitative estimate of drug-likeness (QED) is 0.668. The standard InChI is InChI=1S/C17H27Cl2N3O2/c1-13(2)22(17(23)20-6-8-21(3)4)7-5-9-24-16-11-14(18)10-15(19)12-16/h10-13H,5-9H2,1-4H3,(H,20,23). The maximum absolute atomic E-state index is 12.2. The smallest absolute Gasteiger partial charge is 0.317 e. The molecule has 0 spiro atoms. The number of ether oxygens (including phenoxy) is 1. The molecular formula is C17H27Cl2N3O2. The molecule has 0 fully saturated rings. The fourth-order valence-corrected chi connectivity index (χ4v) is 2.63. The van der Waals surface area contributed by atoms with Crippen molar-refractivity contribution in [3.8, 4) is 5.75 Å². The van der Waals surface area contributed by atoms with Crippen LogP contribution in [0.3, 0.4) is 0 Å². The molecule has 0 aliphatic heterocycles. The Morgan fingerprint density at radius 1 is 1.17 bits per heavy atom. The second-order valence-corrected chi connectivity index (χ2v) is 7.00. The average Bonchev–Trinajstić information content (AvgIpc) is 2.45. The molecule has 0 saturated carbocycles. The van der Waals surface area contributed by atoms with E-state index in [1.807, 2.05) is 37.7 Å². The molecule has 24 heavy (non-hydrogen) atoms. The van der Waals surface area contributed by atoms with Gasteiger partial charge in [0.2, 0.25) is 0 Å². The monoisotopic (exact) mass is 375 g/mol. The Labute approximate surface area is 154 Å². The molecule has 1 aromatic carbocycles. The van der Waals surface area contributed by atoms with Crippen molar-refractivity contribution in [3.63, 3.8) is 0 Å². The van der Waals surface area contributed by atoms with Gasteiger partial charge in [-0.15, -0.1) is 0 Å². The Morgan fingerprint density at radius 3 is 2.33 bits per heavy atom. The minimum absolute atomic E-state index is 0.0438. The van der Waals surface area contributed by atoms with Gasteiger partial charge in [-0.3, -0.25) is 0 Å². The molecule has 2 amide bonds. The topological polar surface area (TPSA) is 44.8 Å². The Kier molecular flexibility index (Phi) is 9.26. The molecule has 0 aliphatic rings. The lowest BCUT2D eigenvalue weighted by Crippen LogP contribution is -2.46. The minimum atomic E-state index is -0.0438. The number of nitrogens with one attached hydrogen (secondary N) is 1. The van der Waals surface area contributed by atoms with E-state index in [0.717, 1.165) is 13.0 Å². The van der Waals surface area contributed by atoms with Gasteiger partial charge in [0.05, 0.1) is 6.61 Å². The molecule has 0 saturated heterocycles. The Hall–Kier alpha value is -1.17. The number of urea groups is 1. The molecule has 0 heterocycles. The maximum atomic E-state index is 12.2. The lowest BCUT2D eigenvalue weighted by atomic mass is 10.3. The van der Waals surface area contributed by atoms with Gasteiger partial charge >= 0.3 is 6.03 Å². The highest BCUT2D eigenvalue weighted by molar-refractivity contribution is 6.34. The molecule has 0 atom stereocenters. The van der Waals surface area contributed by atoms with Crippen molar-refractivity contribution in [3.05, 3.63) is 28.2 Å². The van der Waals surface area contributed by atoms with Gasteiger partial charge in [-0.1, -0.05) is 23.2 Å². The molecule has 1 rings (SSSR count). The van der Waals surface area contributed by atoms with Gasteiger partial charge < -0.3 is 19.9 Å². The number of benzene rings is 1. The first-order valence-corrected chi connectivity index (χ1v) is 8.83. The summed E-state index contributed by atoms with van der Waals surface area (Å²) in [6.45, 7) is 6.57. The van der Waals surface area contributed by atoms with Gasteiger partial charge in [-0.2, -0.15) is 0 Å². The van der Waals surface area contributed by atoms with E-state index in [9.17, 15) is 4.79 Å². The third-order valence-electron chi connectivity index (χ3n) is 3.37. The van der Waals surface area contributed by atoms with E-state index in [2.05, 4.69) is 5.32 Å². The number of amides is 2. The lowest BCUT2D eigenvalue weighted by molar-refractivity contribution is 0.175. The first-order chi connectivity index (χ1) is 11.3. The van der Waals surface area contributed by atoms with Crippen LogP contribution in [0.5, 0.6) is 5.75 Å². The number of halogens is 2. The minimum Gasteiger partial charge on any atom is -0.493 e. The normalized spacial score (nSPS) is 11.0. The summed E-state index contributed by atoms with van der Waals surface area (Å²) >= 11 is 11.9. The molecule has 0 unspecified atom stereocenters. The largest absolute Gasteiger partial charge is 0.493 e. The van der Waals surface area contributed by atoms with Crippen LogP contribution in [0.4, 0.5) is 4.79 Å². The molecule has 7 heteroatoms. The molecule has 1 N–H and O–H groups in total. The van der Waals surface area contributed by atoms with E-state index in [4.69, 9.17) is 27.9 Å². The van der Waals surface area contributed by atoms with Crippen molar-refractivity contribution in [1.82, 2.24) is 15.1 Å². The Bertz CT molecular complexity index is 504. The third-order valence-corrected chi connectivity index (χ3v) is 3.80. The van der Waals surface area contributed by atoms with Crippen LogP contribution in [0.15, 0.2) is 18.2 Å². The first kappa shape index (κ1) is 20.9. The highest BCUT2D eigenvalue weighted by Gasteiger charge is 2.16. The molecule has 5 nitrogen and oxygen atoms in total. The van der Waals surface area contributed by atoms with Crippen molar-refractivity contribution < 1.29 is 9.53 Å². The number of nitrogens with zero attached hydrogens (tertiary/aromatic N) is 2. The lowest BCUT2D eigenvalue weighted by Gasteiger charge is -2.27. The van der Waals surface area contributed by atoms with E-state index in [1.165, 1.54) is 0 Å².